The number of aliphatic hydroxyl groups excluding tert-OH is 2. The van der Waals surface area contributed by atoms with Crippen molar-refractivity contribution in [3.05, 3.63) is 83.9 Å². The third kappa shape index (κ3) is 43.5. The van der Waals surface area contributed by atoms with Gasteiger partial charge in [0, 0.05) is 51.8 Å². The minimum absolute atomic E-state index is 0.00592. The number of hydrogen-bond donors (Lipinski definition) is 29. The lowest BCUT2D eigenvalue weighted by molar-refractivity contribution is -0.142. The van der Waals surface area contributed by atoms with Gasteiger partial charge >= 0.3 is 11.9 Å². The van der Waals surface area contributed by atoms with Crippen LogP contribution in [0.4, 0.5) is 0 Å². The van der Waals surface area contributed by atoms with E-state index in [1.807, 2.05) is 0 Å². The molecule has 51 nitrogen and oxygen atoms in total. The van der Waals surface area contributed by atoms with Crippen LogP contribution < -0.4 is 119 Å². The topological polar surface area (TPSA) is 847 Å². The molecule has 3 rings (SSSR count). The number of aromatic amines is 1. The van der Waals surface area contributed by atoms with Crippen LogP contribution in [0.2, 0.25) is 0 Å². The number of nitrogens with zero attached hydrogens (tertiary/aromatic N) is 1. The van der Waals surface area contributed by atoms with Crippen molar-refractivity contribution in [1.82, 2.24) is 100 Å². The number of carboxylic acids is 2. The van der Waals surface area contributed by atoms with E-state index in [0.717, 1.165) is 27.7 Å². The third-order valence-electron chi connectivity index (χ3n) is 22.1. The quantitative estimate of drug-likeness (QED) is 0.0142. The number of benzene rings is 2. The molecule has 1 heterocycles. The van der Waals surface area contributed by atoms with Gasteiger partial charge in [0.2, 0.25) is 106 Å². The van der Waals surface area contributed by atoms with E-state index < -0.39 is 276 Å². The van der Waals surface area contributed by atoms with Crippen LogP contribution in [0, 0.1) is 17.2 Å². The van der Waals surface area contributed by atoms with Crippen LogP contribution >= 0.6 is 0 Å². The Morgan fingerprint density at radius 1 is 0.414 bits per heavy atom. The van der Waals surface area contributed by atoms with Crippen LogP contribution in [0.5, 0.6) is 5.75 Å². The minimum atomic E-state index is -2.15. The fourth-order valence-corrected chi connectivity index (χ4v) is 13.9. The van der Waals surface area contributed by atoms with Crippen molar-refractivity contribution in [2.45, 2.75) is 300 Å². The fraction of sp³-hybridized carbons (Fsp3) is 0.584. The van der Waals surface area contributed by atoms with Crippen molar-refractivity contribution >= 4 is 130 Å². The van der Waals surface area contributed by atoms with Gasteiger partial charge in [0.1, 0.15) is 95.9 Å². The molecule has 0 saturated carbocycles. The van der Waals surface area contributed by atoms with E-state index in [0.29, 0.717) is 24.1 Å². The molecule has 0 aliphatic heterocycles. The summed E-state index contributed by atoms with van der Waals surface area (Å²) in [6, 6.07) is -12.4. The first-order chi connectivity index (χ1) is 65.7. The van der Waals surface area contributed by atoms with Crippen LogP contribution in [-0.2, 0) is 120 Å². The molecule has 51 heteroatoms. The highest BCUT2D eigenvalue weighted by Gasteiger charge is 2.44. The minimum Gasteiger partial charge on any atom is -0.508 e. The lowest BCUT2D eigenvalue weighted by Crippen LogP contribution is -2.66. The van der Waals surface area contributed by atoms with Crippen LogP contribution in [0.15, 0.2) is 67.1 Å². The number of nitrogens with two attached hydrogens (primary N) is 5. The molecule has 3 aromatic rings. The number of hydrogen-bond acceptors (Lipinski definition) is 28. The number of phenols is 1. The van der Waals surface area contributed by atoms with E-state index in [1.54, 1.807) is 44.2 Å². The molecule has 18 amide bonds. The summed E-state index contributed by atoms with van der Waals surface area (Å²) in [7, 11) is 0. The molecule has 1 aromatic heterocycles. The van der Waals surface area contributed by atoms with Crippen molar-refractivity contribution in [2.75, 3.05) is 19.6 Å². The summed E-state index contributed by atoms with van der Waals surface area (Å²) in [4.78, 5) is 295. The molecule has 0 fully saturated rings. The number of amides is 18. The number of phenolic OH excluding ortho intramolecular Hbond substituents is 1. The molecule has 776 valence electrons. The number of guanidine groups is 1. The maximum atomic E-state index is 14.8. The number of aliphatic carboxylic acids is 2. The number of Topliss-reactive ketones (excluding diaryl/α,β-unsaturated/α-hetero) is 1. The molecule has 2 aromatic carbocycles. The molecule has 0 radical (unpaired) electrons. The largest absolute Gasteiger partial charge is 0.508 e. The summed E-state index contributed by atoms with van der Waals surface area (Å²) >= 11 is 0. The van der Waals surface area contributed by atoms with Crippen LogP contribution in [0.25, 0.3) is 0 Å². The number of carbonyl (C=O) groups is 21. The van der Waals surface area contributed by atoms with E-state index in [1.165, 1.54) is 71.4 Å². The number of H-pyrrole nitrogens is 1. The standard InChI is InChI=1S/C89H139N25O26/c1-44(2)36-61(81(134)104-59(24-19-35-97-88(94)95)76(129)103-57(22-15-17-33-90)75(128)102-56(48(7)115)29-31-67(92)120)108-77(130)58(23-16-18-34-91)105-85(138)71(49(8)116)112-83(136)62(38-53-25-27-55(119)28-26-53)109-82(135)65(40-68(93)121)110-78(131)60(30-32-69(122)123)106-86(139)72(50(9)117)113-84(137)63(37-52-20-13-12-14-21-52)111-87(140)89(11,45(3)4)114-74(127)47(6)100-80(133)66(41-70(124)125)107-73(126)46(5)99-79(132)64(101-51(10)118)39-54-42-96-43-98-54/h12-14,20-21,25-28,42-47,49-50,56-66,71-72,116-117,119H,15-19,22-24,29-41,90-91H2,1-11H3,(H2,92,120)(H2,93,121)(H,96,98)(H,99,132)(H,100,133)(H,101,118)(H,102,128)(H,103,129)(H,104,134)(H,105,138)(H,106,139)(H,107,126)(H,108,130)(H,109,135)(H,110,131)(H,111,140)(H,112,136)(H,113,137)(H,114,127)(H,122,123)(H,124,125)(H4,94,95,97)/t46-,47-,49?,50?,56-,57-,58-,59-,60-,61-,62-,63-,64-,65-,66-,71-,72-,89-/m0/s1. The predicted molar refractivity (Wildman–Crippen MR) is 501 cm³/mol. The van der Waals surface area contributed by atoms with Gasteiger partial charge in [-0.3, -0.25) is 106 Å². The average Bonchev–Trinajstić information content (AvgIpc) is 0.946. The Morgan fingerprint density at radius 3 is 1.26 bits per heavy atom. The van der Waals surface area contributed by atoms with E-state index in [2.05, 4.69) is 100 Å². The first kappa shape index (κ1) is 120. The molecule has 0 aliphatic rings. The molecule has 0 saturated heterocycles. The Hall–Kier alpha value is -14.4. The van der Waals surface area contributed by atoms with Gasteiger partial charge in [0.25, 0.3) is 0 Å². The molecular formula is C89H139N25O26. The molecule has 0 spiro atoms. The van der Waals surface area contributed by atoms with Crippen molar-refractivity contribution in [1.29, 1.82) is 5.41 Å². The summed E-state index contributed by atoms with van der Waals surface area (Å²) in [5.41, 5.74) is 26.9. The number of imidazole rings is 1. The number of rotatable bonds is 65. The van der Waals surface area contributed by atoms with Crippen molar-refractivity contribution in [2.24, 2.45) is 40.5 Å². The predicted octanol–water partition coefficient (Wildman–Crippen LogP) is -7.60. The van der Waals surface area contributed by atoms with E-state index in [4.69, 9.17) is 34.1 Å². The van der Waals surface area contributed by atoms with Gasteiger partial charge in [-0.15, -0.1) is 0 Å². The second-order valence-electron chi connectivity index (χ2n) is 34.9. The van der Waals surface area contributed by atoms with E-state index in [-0.39, 0.29) is 107 Å². The van der Waals surface area contributed by atoms with Gasteiger partial charge in [-0.1, -0.05) is 70.2 Å². The van der Waals surface area contributed by atoms with Crippen molar-refractivity contribution in [3.63, 3.8) is 0 Å². The number of carboxylic acid groups (broad SMARTS) is 2. The number of nitrogens with one attached hydrogen (secondary N) is 19. The zero-order chi connectivity index (χ0) is 106. The fourth-order valence-electron chi connectivity index (χ4n) is 13.9. The highest BCUT2D eigenvalue weighted by atomic mass is 16.4. The molecule has 2 unspecified atom stereocenters. The summed E-state index contributed by atoms with van der Waals surface area (Å²) < 4.78 is 0. The number of unbranched alkanes of at least 4 members (excludes halogenated alkanes) is 2. The van der Waals surface area contributed by atoms with Gasteiger partial charge in [0.05, 0.1) is 43.1 Å². The smallest absolute Gasteiger partial charge is 0.305 e. The molecule has 0 bridgehead atoms. The maximum absolute atomic E-state index is 14.8. The number of carbonyl (C=O) groups excluding carboxylic acids is 19. The highest BCUT2D eigenvalue weighted by molar-refractivity contribution is 6.03. The van der Waals surface area contributed by atoms with Gasteiger partial charge in [-0.25, -0.2) is 4.98 Å². The Morgan fingerprint density at radius 2 is 0.814 bits per heavy atom. The summed E-state index contributed by atoms with van der Waals surface area (Å²) in [5.74, 6) is -25.1. The number of aromatic hydroxyl groups is 1. The normalized spacial score (nSPS) is 15.2. The molecule has 0 aliphatic carbocycles. The molecular weight excluding hydrogens is 1840 g/mol. The first-order valence-corrected chi connectivity index (χ1v) is 45.7. The van der Waals surface area contributed by atoms with E-state index in [9.17, 15) is 126 Å². The van der Waals surface area contributed by atoms with Crippen LogP contribution in [0.1, 0.15) is 189 Å². The number of aliphatic hydroxyl groups is 2. The zero-order valence-corrected chi connectivity index (χ0v) is 80.3. The third-order valence-corrected chi connectivity index (χ3v) is 22.1. The van der Waals surface area contributed by atoms with Gasteiger partial charge < -0.3 is 150 Å². The Labute approximate surface area is 808 Å². The van der Waals surface area contributed by atoms with Gasteiger partial charge in [-0.2, -0.15) is 0 Å². The first-order valence-electron chi connectivity index (χ1n) is 45.7. The second-order valence-corrected chi connectivity index (χ2v) is 34.9. The number of aromatic nitrogens is 2. The number of ketones is 1. The monoisotopic (exact) mass is 1970 g/mol. The summed E-state index contributed by atoms with van der Waals surface area (Å²) in [6.07, 6.45) is -5.63. The SMILES string of the molecule is CC(=O)N[C@@H](Cc1c[nH]cn1)C(=O)N[C@@H](C)C(=O)N[C@@H](CC(=O)O)C(=O)N[C@@H](C)C(=O)N[C@](C)(C(=O)N[C@@H](Cc1ccccc1)C(=O)N[C@H](C(=O)N[C@@H](CCC(=O)O)C(=O)N[C@@H](CC(N)=O)C(=O)N[C@@H](Cc1ccc(O)cc1)C(=O)N[C@H](C(=O)N[C@@H](CCCCN)C(=O)N[C@@H](CC(C)C)C(=O)N[C@@H](CCCNC(=N)N)C(=O)N[C@@H](CCCCN)C(=O)N[C@@H](CCC(N)=O)C(C)=O)C(C)O)C(C)O)C(C)C. The lowest BCUT2D eigenvalue weighted by atomic mass is 9.86. The second kappa shape index (κ2) is 60.4. The van der Waals surface area contributed by atoms with E-state index >= 15 is 0 Å². The zero-order valence-electron chi connectivity index (χ0n) is 80.3. The number of primary amides is 2. The average molecular weight is 1980 g/mol. The summed E-state index contributed by atoms with van der Waals surface area (Å²) in [5, 5.41) is 102. The summed E-state index contributed by atoms with van der Waals surface area (Å²) in [6.45, 7) is 14.7. The van der Waals surface area contributed by atoms with Gasteiger partial charge in [-0.05, 0) is 160 Å². The molecule has 34 N–H and O–H groups in total. The highest BCUT2D eigenvalue weighted by Crippen LogP contribution is 2.21. The van der Waals surface area contributed by atoms with Crippen molar-refractivity contribution < 1.29 is 126 Å². The maximum Gasteiger partial charge on any atom is 0.305 e. The lowest BCUT2D eigenvalue weighted by Gasteiger charge is -2.36. The van der Waals surface area contributed by atoms with Gasteiger partial charge in [0.15, 0.2) is 11.7 Å². The molecule has 18 atom stereocenters. The van der Waals surface area contributed by atoms with Crippen LogP contribution in [0.3, 0.4) is 0 Å². The molecule has 140 heavy (non-hydrogen) atoms. The van der Waals surface area contributed by atoms with Crippen LogP contribution in [-0.4, -0.2) is 294 Å². The van der Waals surface area contributed by atoms with Crippen molar-refractivity contribution in [3.8, 4) is 5.75 Å². The Kier molecular flexibility index (Phi) is 51.7. The Balaban J connectivity index is 2.00. The Bertz CT molecular complexity index is 4740.